The lowest BCUT2D eigenvalue weighted by molar-refractivity contribution is 0.403. The van der Waals surface area contributed by atoms with Crippen LogP contribution in [0.5, 0.6) is 5.75 Å². The lowest BCUT2D eigenvalue weighted by Gasteiger charge is -2.11. The summed E-state index contributed by atoms with van der Waals surface area (Å²) in [5.41, 5.74) is 0.0322. The number of hydrogen-bond donors (Lipinski definition) is 2. The highest BCUT2D eigenvalue weighted by atomic mass is 35.5. The van der Waals surface area contributed by atoms with Gasteiger partial charge in [0.2, 0.25) is 10.0 Å². The van der Waals surface area contributed by atoms with Gasteiger partial charge in [0.05, 0.1) is 17.7 Å². The van der Waals surface area contributed by atoms with Gasteiger partial charge in [-0.05, 0) is 42.5 Å². The van der Waals surface area contributed by atoms with Gasteiger partial charge in [-0.2, -0.15) is 0 Å². The van der Waals surface area contributed by atoms with Gasteiger partial charge in [-0.3, -0.25) is 4.72 Å². The molecule has 2 aromatic carbocycles. The summed E-state index contributed by atoms with van der Waals surface area (Å²) in [6.07, 6.45) is 0. The Hall–Kier alpha value is -1.81. The normalized spacial score (nSPS) is 12.0. The van der Waals surface area contributed by atoms with E-state index in [2.05, 4.69) is 4.72 Å². The van der Waals surface area contributed by atoms with Gasteiger partial charge in [0, 0.05) is 5.02 Å². The van der Waals surface area contributed by atoms with E-state index in [1.807, 2.05) is 0 Å². The summed E-state index contributed by atoms with van der Waals surface area (Å²) in [7, 11) is -6.69. The van der Waals surface area contributed by atoms with Crippen molar-refractivity contribution in [1.82, 2.24) is 0 Å². The van der Waals surface area contributed by atoms with Crippen molar-refractivity contribution in [2.75, 3.05) is 11.8 Å². The van der Waals surface area contributed by atoms with Gasteiger partial charge in [-0.1, -0.05) is 11.6 Å². The smallest absolute Gasteiger partial charge is 0.261 e. The minimum Gasteiger partial charge on any atom is -0.495 e. The number of benzene rings is 2. The Balaban J connectivity index is 2.42. The molecule has 0 bridgehead atoms. The molecule has 7 nitrogen and oxygen atoms in total. The Morgan fingerprint density at radius 2 is 1.65 bits per heavy atom. The molecule has 0 aliphatic heterocycles. The summed E-state index contributed by atoms with van der Waals surface area (Å²) < 4.78 is 54.8. The van der Waals surface area contributed by atoms with E-state index in [1.54, 1.807) is 0 Å². The number of ether oxygens (including phenoxy) is 1. The van der Waals surface area contributed by atoms with Gasteiger partial charge in [-0.15, -0.1) is 0 Å². The topological polar surface area (TPSA) is 116 Å². The third-order valence-electron chi connectivity index (χ3n) is 2.85. The first-order chi connectivity index (χ1) is 10.6. The van der Waals surface area contributed by atoms with Crippen molar-refractivity contribution < 1.29 is 21.6 Å². The van der Waals surface area contributed by atoms with E-state index in [9.17, 15) is 16.8 Å². The largest absolute Gasteiger partial charge is 0.495 e. The molecule has 0 aromatic heterocycles. The number of halogens is 1. The number of hydrogen-bond acceptors (Lipinski definition) is 5. The summed E-state index contributed by atoms with van der Waals surface area (Å²) >= 11 is 5.72. The number of primary sulfonamides is 1. The third kappa shape index (κ3) is 4.14. The standard InChI is InChI=1S/C13H13ClN2O5S2/c1-21-12-7-4-10(8-13(12)22(15,17)18)16-23(19,20)11-5-2-9(14)3-6-11/h2-8,16H,1H3,(H2,15,17,18). The van der Waals surface area contributed by atoms with Crippen LogP contribution in [0, 0.1) is 0 Å². The lowest BCUT2D eigenvalue weighted by Crippen LogP contribution is -2.16. The average Bonchev–Trinajstić information content (AvgIpc) is 2.46. The maximum atomic E-state index is 12.3. The highest BCUT2D eigenvalue weighted by molar-refractivity contribution is 7.92. The predicted octanol–water partition coefficient (Wildman–Crippen LogP) is 1.80. The monoisotopic (exact) mass is 376 g/mol. The van der Waals surface area contributed by atoms with Crippen LogP contribution in [-0.4, -0.2) is 23.9 Å². The summed E-state index contributed by atoms with van der Waals surface area (Å²) in [5, 5.41) is 5.49. The van der Waals surface area contributed by atoms with Crippen molar-refractivity contribution >= 4 is 37.3 Å². The molecular formula is C13H13ClN2O5S2. The van der Waals surface area contributed by atoms with Crippen molar-refractivity contribution in [1.29, 1.82) is 0 Å². The molecular weight excluding hydrogens is 364 g/mol. The maximum Gasteiger partial charge on any atom is 0.261 e. The van der Waals surface area contributed by atoms with Gasteiger partial charge in [-0.25, -0.2) is 22.0 Å². The Morgan fingerprint density at radius 3 is 2.17 bits per heavy atom. The molecule has 0 aliphatic carbocycles. The zero-order valence-corrected chi connectivity index (χ0v) is 14.2. The minimum absolute atomic E-state index is 0.0157. The van der Waals surface area contributed by atoms with Crippen LogP contribution in [0.3, 0.4) is 0 Å². The van der Waals surface area contributed by atoms with E-state index >= 15 is 0 Å². The Labute approximate surface area is 139 Å². The van der Waals surface area contributed by atoms with Gasteiger partial charge < -0.3 is 4.74 Å². The molecule has 0 aliphatic rings. The first kappa shape index (κ1) is 17.5. The molecule has 0 amide bonds. The molecule has 23 heavy (non-hydrogen) atoms. The first-order valence-electron chi connectivity index (χ1n) is 6.13. The molecule has 0 atom stereocenters. The Bertz CT molecular complexity index is 925. The Kier molecular flexibility index (Phi) is 4.85. The van der Waals surface area contributed by atoms with Crippen molar-refractivity contribution in [3.05, 3.63) is 47.5 Å². The lowest BCUT2D eigenvalue weighted by atomic mass is 10.3. The number of nitrogens with one attached hydrogen (secondary N) is 1. The van der Waals surface area contributed by atoms with E-state index in [-0.39, 0.29) is 21.2 Å². The summed E-state index contributed by atoms with van der Waals surface area (Å²) in [6.45, 7) is 0. The van der Waals surface area contributed by atoms with Crippen LogP contribution in [0.15, 0.2) is 52.3 Å². The van der Waals surface area contributed by atoms with Crippen LogP contribution >= 0.6 is 11.6 Å². The first-order valence-corrected chi connectivity index (χ1v) is 9.53. The van der Waals surface area contributed by atoms with Gasteiger partial charge in [0.25, 0.3) is 10.0 Å². The summed E-state index contributed by atoms with van der Waals surface area (Å²) in [6, 6.07) is 9.27. The van der Waals surface area contributed by atoms with Crippen molar-refractivity contribution in [3.8, 4) is 5.75 Å². The van der Waals surface area contributed by atoms with E-state index in [4.69, 9.17) is 21.5 Å². The summed E-state index contributed by atoms with van der Waals surface area (Å²) in [4.78, 5) is -0.342. The molecule has 3 N–H and O–H groups in total. The van der Waals surface area contributed by atoms with Crippen LogP contribution in [-0.2, 0) is 20.0 Å². The van der Waals surface area contributed by atoms with Crippen LogP contribution < -0.4 is 14.6 Å². The summed E-state index contributed by atoms with van der Waals surface area (Å²) in [5.74, 6) is 0.0157. The second-order valence-corrected chi connectivity index (χ2v) is 8.12. The molecule has 0 heterocycles. The van der Waals surface area contributed by atoms with E-state index in [0.717, 1.165) is 6.07 Å². The van der Waals surface area contributed by atoms with Crippen molar-refractivity contribution in [2.24, 2.45) is 5.14 Å². The SMILES string of the molecule is COc1ccc(NS(=O)(=O)c2ccc(Cl)cc2)cc1S(N)(=O)=O. The minimum atomic E-state index is -4.07. The number of methoxy groups -OCH3 is 1. The molecule has 0 saturated heterocycles. The van der Waals surface area contributed by atoms with Gasteiger partial charge >= 0.3 is 0 Å². The molecule has 2 aromatic rings. The van der Waals surface area contributed by atoms with Crippen LogP contribution in [0.4, 0.5) is 5.69 Å². The molecule has 0 unspecified atom stereocenters. The maximum absolute atomic E-state index is 12.3. The predicted molar refractivity (Wildman–Crippen MR) is 86.6 cm³/mol. The number of nitrogens with two attached hydrogens (primary N) is 1. The van der Waals surface area contributed by atoms with E-state index < -0.39 is 20.0 Å². The zero-order valence-electron chi connectivity index (χ0n) is 11.9. The number of sulfonamides is 2. The van der Waals surface area contributed by atoms with Crippen LogP contribution in [0.1, 0.15) is 0 Å². The molecule has 0 radical (unpaired) electrons. The van der Waals surface area contributed by atoms with Gasteiger partial charge in [0.15, 0.2) is 0 Å². The molecule has 2 rings (SSSR count). The molecule has 10 heteroatoms. The molecule has 0 spiro atoms. The molecule has 0 fully saturated rings. The van der Waals surface area contributed by atoms with Crippen LogP contribution in [0.2, 0.25) is 5.02 Å². The zero-order chi connectivity index (χ0) is 17.3. The number of rotatable bonds is 5. The highest BCUT2D eigenvalue weighted by Gasteiger charge is 2.19. The van der Waals surface area contributed by atoms with Crippen LogP contribution in [0.25, 0.3) is 0 Å². The fourth-order valence-electron chi connectivity index (χ4n) is 1.79. The van der Waals surface area contributed by atoms with E-state index in [1.165, 1.54) is 43.5 Å². The van der Waals surface area contributed by atoms with Crippen molar-refractivity contribution in [2.45, 2.75) is 9.79 Å². The Morgan fingerprint density at radius 1 is 1.04 bits per heavy atom. The second-order valence-electron chi connectivity index (χ2n) is 4.47. The molecule has 0 saturated carbocycles. The fraction of sp³-hybridized carbons (Fsp3) is 0.0769. The van der Waals surface area contributed by atoms with E-state index in [0.29, 0.717) is 5.02 Å². The fourth-order valence-corrected chi connectivity index (χ4v) is 3.69. The molecule has 124 valence electrons. The number of anilines is 1. The average molecular weight is 377 g/mol. The van der Waals surface area contributed by atoms with Crippen molar-refractivity contribution in [3.63, 3.8) is 0 Å². The highest BCUT2D eigenvalue weighted by Crippen LogP contribution is 2.27. The quantitative estimate of drug-likeness (QED) is 0.825. The van der Waals surface area contributed by atoms with Gasteiger partial charge in [0.1, 0.15) is 10.6 Å². The third-order valence-corrected chi connectivity index (χ3v) is 5.43. The second kappa shape index (κ2) is 6.36.